The summed E-state index contributed by atoms with van der Waals surface area (Å²) in [6.07, 6.45) is 5.50. The number of methoxy groups -OCH3 is 2. The van der Waals surface area contributed by atoms with Gasteiger partial charge in [-0.15, -0.1) is 0 Å². The van der Waals surface area contributed by atoms with Crippen molar-refractivity contribution in [1.82, 2.24) is 9.88 Å². The summed E-state index contributed by atoms with van der Waals surface area (Å²) in [5.41, 5.74) is 3.38. The Labute approximate surface area is 231 Å². The van der Waals surface area contributed by atoms with Crippen molar-refractivity contribution in [2.45, 2.75) is 44.4 Å². The van der Waals surface area contributed by atoms with Crippen LogP contribution in [0.4, 0.5) is 5.82 Å². The van der Waals surface area contributed by atoms with E-state index in [1.807, 2.05) is 18.2 Å². The molecule has 2 atom stereocenters. The molecule has 214 valence electrons. The summed E-state index contributed by atoms with van der Waals surface area (Å²) in [7, 11) is 3.26. The van der Waals surface area contributed by atoms with E-state index in [4.69, 9.17) is 23.9 Å². The third-order valence-corrected chi connectivity index (χ3v) is 7.52. The molecule has 9 nitrogen and oxygen atoms in total. The van der Waals surface area contributed by atoms with Crippen molar-refractivity contribution in [2.75, 3.05) is 72.1 Å². The van der Waals surface area contributed by atoms with Crippen LogP contribution in [0.2, 0.25) is 0 Å². The van der Waals surface area contributed by atoms with Crippen LogP contribution in [0.25, 0.3) is 0 Å². The molecule has 1 fully saturated rings. The van der Waals surface area contributed by atoms with Crippen LogP contribution in [0.3, 0.4) is 0 Å². The summed E-state index contributed by atoms with van der Waals surface area (Å²) in [6, 6.07) is 10.1. The number of nitrogens with one attached hydrogen (secondary N) is 1. The number of likely N-dealkylation sites (tertiary alicyclic amines) is 1. The summed E-state index contributed by atoms with van der Waals surface area (Å²) in [5, 5.41) is 13.2. The van der Waals surface area contributed by atoms with E-state index >= 15 is 0 Å². The van der Waals surface area contributed by atoms with Gasteiger partial charge in [-0.05, 0) is 73.9 Å². The van der Waals surface area contributed by atoms with E-state index in [-0.39, 0.29) is 12.3 Å². The molecule has 39 heavy (non-hydrogen) atoms. The fourth-order valence-corrected chi connectivity index (χ4v) is 5.47. The van der Waals surface area contributed by atoms with Gasteiger partial charge in [0.05, 0.1) is 19.6 Å². The summed E-state index contributed by atoms with van der Waals surface area (Å²) in [6.45, 7) is 5.38. The molecule has 2 aliphatic rings. The third kappa shape index (κ3) is 9.08. The largest absolute Gasteiger partial charge is 0.491 e. The van der Waals surface area contributed by atoms with E-state index in [2.05, 4.69) is 22.3 Å². The van der Waals surface area contributed by atoms with Gasteiger partial charge in [-0.3, -0.25) is 4.79 Å². The van der Waals surface area contributed by atoms with Crippen LogP contribution in [0.1, 0.15) is 48.4 Å². The molecule has 0 radical (unpaired) electrons. The second-order valence-electron chi connectivity index (χ2n) is 10.5. The summed E-state index contributed by atoms with van der Waals surface area (Å²) >= 11 is 0. The molecule has 3 heterocycles. The molecule has 0 amide bonds. The Hall–Kier alpha value is -2.88. The number of hydrogen-bond acceptors (Lipinski definition) is 8. The maximum absolute atomic E-state index is 11.8. The van der Waals surface area contributed by atoms with Crippen LogP contribution in [0.5, 0.6) is 11.5 Å². The SMILES string of the molecule is COCCOc1cc(OCCOC)cc(C(CC(=O)O)CN2CC[C@@H](CCc3ccc4c(n3)NCCC4)C2)c1. The fourth-order valence-electron chi connectivity index (χ4n) is 5.47. The molecule has 2 aromatic rings. The maximum Gasteiger partial charge on any atom is 0.304 e. The number of anilines is 1. The third-order valence-electron chi connectivity index (χ3n) is 7.52. The van der Waals surface area contributed by atoms with Crippen molar-refractivity contribution in [3.8, 4) is 11.5 Å². The number of carbonyl (C=O) groups is 1. The van der Waals surface area contributed by atoms with Crippen molar-refractivity contribution >= 4 is 11.8 Å². The molecule has 0 aliphatic carbocycles. The Morgan fingerprint density at radius 2 is 1.85 bits per heavy atom. The number of carboxylic acid groups (broad SMARTS) is 1. The number of aryl methyl sites for hydroxylation is 2. The normalized spacial score (nSPS) is 17.8. The van der Waals surface area contributed by atoms with Crippen molar-refractivity contribution in [3.63, 3.8) is 0 Å². The van der Waals surface area contributed by atoms with Gasteiger partial charge in [0.2, 0.25) is 0 Å². The van der Waals surface area contributed by atoms with Crippen LogP contribution >= 0.6 is 0 Å². The molecule has 1 unspecified atom stereocenters. The van der Waals surface area contributed by atoms with Gasteiger partial charge in [0, 0.05) is 51.5 Å². The zero-order valence-corrected chi connectivity index (χ0v) is 23.3. The standard InChI is InChI=1S/C30H43N3O6/c1-36-12-14-38-27-16-24(17-28(19-27)39-15-13-37-2)25(18-29(34)35)21-33-11-9-22(20-33)5-7-26-8-6-23-4-3-10-31-30(23)32-26/h6,8,16-17,19,22,25H,3-5,7,9-15,18,20-21H2,1-2H3,(H,31,32)(H,34,35)/t22-,25?/m1/s1. The summed E-state index contributed by atoms with van der Waals surface area (Å²) in [5.74, 6) is 1.96. The molecular weight excluding hydrogens is 498 g/mol. The average molecular weight is 542 g/mol. The van der Waals surface area contributed by atoms with Crippen molar-refractivity contribution < 1.29 is 28.8 Å². The minimum atomic E-state index is -0.810. The van der Waals surface area contributed by atoms with Gasteiger partial charge < -0.3 is 34.3 Å². The lowest BCUT2D eigenvalue weighted by Crippen LogP contribution is -2.28. The van der Waals surface area contributed by atoms with Gasteiger partial charge in [0.25, 0.3) is 0 Å². The summed E-state index contributed by atoms with van der Waals surface area (Å²) in [4.78, 5) is 19.1. The second kappa shape index (κ2) is 15.1. The van der Waals surface area contributed by atoms with Gasteiger partial charge in [-0.1, -0.05) is 6.07 Å². The number of ether oxygens (including phenoxy) is 4. The predicted octanol–water partition coefficient (Wildman–Crippen LogP) is 4.00. The quantitative estimate of drug-likeness (QED) is 0.305. The van der Waals surface area contributed by atoms with Crippen LogP contribution in [0.15, 0.2) is 30.3 Å². The number of hydrogen-bond donors (Lipinski definition) is 2. The van der Waals surface area contributed by atoms with Crippen molar-refractivity contribution in [1.29, 1.82) is 0 Å². The Balaban J connectivity index is 1.38. The minimum Gasteiger partial charge on any atom is -0.491 e. The molecule has 4 rings (SSSR count). The van der Waals surface area contributed by atoms with Crippen LogP contribution < -0.4 is 14.8 Å². The first kappa shape index (κ1) is 29.1. The van der Waals surface area contributed by atoms with Gasteiger partial charge in [-0.25, -0.2) is 4.98 Å². The predicted molar refractivity (Wildman–Crippen MR) is 150 cm³/mol. The number of nitrogens with zero attached hydrogens (tertiary/aromatic N) is 2. The first-order chi connectivity index (χ1) is 19.0. The van der Waals surface area contributed by atoms with Gasteiger partial charge >= 0.3 is 5.97 Å². The molecule has 2 N–H and O–H groups in total. The maximum atomic E-state index is 11.8. The van der Waals surface area contributed by atoms with Crippen molar-refractivity contribution in [3.05, 3.63) is 47.2 Å². The topological polar surface area (TPSA) is 102 Å². The molecule has 2 aliphatic heterocycles. The number of aromatic nitrogens is 1. The molecular formula is C30H43N3O6. The number of carboxylic acids is 1. The lowest BCUT2D eigenvalue weighted by atomic mass is 9.94. The van der Waals surface area contributed by atoms with Crippen LogP contribution in [-0.4, -0.2) is 87.8 Å². The molecule has 0 spiro atoms. The van der Waals surface area contributed by atoms with Gasteiger partial charge in [0.1, 0.15) is 30.5 Å². The van der Waals surface area contributed by atoms with E-state index in [1.54, 1.807) is 14.2 Å². The minimum absolute atomic E-state index is 0.0479. The van der Waals surface area contributed by atoms with Gasteiger partial charge in [0.15, 0.2) is 0 Å². The lowest BCUT2D eigenvalue weighted by molar-refractivity contribution is -0.137. The smallest absolute Gasteiger partial charge is 0.304 e. The van der Waals surface area contributed by atoms with E-state index in [0.717, 1.165) is 62.4 Å². The lowest BCUT2D eigenvalue weighted by Gasteiger charge is -2.24. The molecule has 0 bridgehead atoms. The van der Waals surface area contributed by atoms with Gasteiger partial charge in [-0.2, -0.15) is 0 Å². The van der Waals surface area contributed by atoms with E-state index in [1.165, 1.54) is 12.0 Å². The summed E-state index contributed by atoms with van der Waals surface area (Å²) < 4.78 is 22.0. The molecule has 1 saturated heterocycles. The Bertz CT molecular complexity index is 1040. The highest BCUT2D eigenvalue weighted by Gasteiger charge is 2.27. The number of aliphatic carboxylic acids is 1. The Morgan fingerprint density at radius 1 is 1.10 bits per heavy atom. The van der Waals surface area contributed by atoms with Crippen LogP contribution in [0, 0.1) is 5.92 Å². The Morgan fingerprint density at radius 3 is 2.54 bits per heavy atom. The Kier molecular flexibility index (Phi) is 11.2. The zero-order chi connectivity index (χ0) is 27.5. The van der Waals surface area contributed by atoms with Crippen molar-refractivity contribution in [2.24, 2.45) is 5.92 Å². The van der Waals surface area contributed by atoms with E-state index < -0.39 is 5.97 Å². The number of fused-ring (bicyclic) bond motifs is 1. The zero-order valence-electron chi connectivity index (χ0n) is 23.3. The number of rotatable bonds is 16. The molecule has 1 aromatic carbocycles. The first-order valence-electron chi connectivity index (χ1n) is 14.1. The van der Waals surface area contributed by atoms with Crippen LogP contribution in [-0.2, 0) is 27.1 Å². The average Bonchev–Trinajstić information content (AvgIpc) is 3.39. The highest BCUT2D eigenvalue weighted by molar-refractivity contribution is 5.68. The number of pyridine rings is 1. The van der Waals surface area contributed by atoms with E-state index in [9.17, 15) is 9.90 Å². The number of benzene rings is 1. The molecule has 9 heteroatoms. The van der Waals surface area contributed by atoms with E-state index in [0.29, 0.717) is 50.4 Å². The molecule has 1 aromatic heterocycles. The first-order valence-corrected chi connectivity index (χ1v) is 14.1. The fraction of sp³-hybridized carbons (Fsp3) is 0.600. The second-order valence-corrected chi connectivity index (χ2v) is 10.5. The monoisotopic (exact) mass is 541 g/mol. The highest BCUT2D eigenvalue weighted by Crippen LogP contribution is 2.32. The molecule has 0 saturated carbocycles. The highest BCUT2D eigenvalue weighted by atomic mass is 16.5.